The largest absolute Gasteiger partial charge is 0.624 e. The summed E-state index contributed by atoms with van der Waals surface area (Å²) in [6.45, 7) is 12.8. The molecule has 212 valence electrons. The van der Waals surface area contributed by atoms with E-state index in [1.54, 1.807) is 11.1 Å². The third kappa shape index (κ3) is 6.82. The van der Waals surface area contributed by atoms with Crippen molar-refractivity contribution in [2.75, 3.05) is 6.54 Å². The monoisotopic (exact) mass is 558 g/mol. The van der Waals surface area contributed by atoms with Crippen LogP contribution in [0.25, 0.3) is 0 Å². The number of hydrogen-bond donors (Lipinski definition) is 0. The van der Waals surface area contributed by atoms with Crippen LogP contribution in [0.2, 0.25) is 5.04 Å². The summed E-state index contributed by atoms with van der Waals surface area (Å²) >= 11 is 0. The molecule has 0 unspecified atom stereocenters. The molecule has 0 N–H and O–H groups in total. The highest BCUT2D eigenvalue weighted by Crippen LogP contribution is 2.39. The molecule has 0 radical (unpaired) electrons. The zero-order valence-corrected chi connectivity index (χ0v) is 25.5. The lowest BCUT2D eigenvalue weighted by Crippen LogP contribution is -2.67. The van der Waals surface area contributed by atoms with Crippen LogP contribution in [0.4, 0.5) is 4.79 Å². The van der Waals surface area contributed by atoms with Crippen molar-refractivity contribution in [1.82, 2.24) is 4.90 Å². The molecule has 4 rings (SSSR count). The Morgan fingerprint density at radius 3 is 1.88 bits per heavy atom. The molecule has 0 bridgehead atoms. The molecule has 3 aromatic carbocycles. The van der Waals surface area contributed by atoms with Crippen molar-refractivity contribution in [2.24, 2.45) is 0 Å². The molecular formula is C33H42N2O4Si. The van der Waals surface area contributed by atoms with E-state index in [1.807, 2.05) is 63.2 Å². The summed E-state index contributed by atoms with van der Waals surface area (Å²) in [5.74, 6) is 0. The van der Waals surface area contributed by atoms with Crippen LogP contribution in [-0.2, 0) is 15.7 Å². The van der Waals surface area contributed by atoms with Gasteiger partial charge in [0.15, 0.2) is 12.8 Å². The first-order valence-electron chi connectivity index (χ1n) is 14.0. The predicted octanol–water partition coefficient (Wildman–Crippen LogP) is 5.72. The number of carbonyl (C=O) groups is 1. The summed E-state index contributed by atoms with van der Waals surface area (Å²) in [7, 11) is -2.84. The molecule has 2 atom stereocenters. The Morgan fingerprint density at radius 1 is 0.900 bits per heavy atom. The Labute approximate surface area is 240 Å². The summed E-state index contributed by atoms with van der Waals surface area (Å²) in [4.78, 5) is 15.0. The Balaban J connectivity index is 1.71. The Hall–Kier alpha value is -3.42. The van der Waals surface area contributed by atoms with Gasteiger partial charge in [0, 0.05) is 18.5 Å². The Kier molecular flexibility index (Phi) is 8.85. The standard InChI is InChI=1S/C33H42N2O4Si/c1-32(2,3)38-31(36)35-25-28(22-27(35)24-34(37)23-26-16-10-7-11-17-26)39-40(33(4,5)6,29-18-12-8-13-19-29)30-20-14-9-15-21-30/h7-21,24,27-28H,22-23,25H2,1-6H3/b34-24-/t27-,28+/m0/s1. The summed E-state index contributed by atoms with van der Waals surface area (Å²) < 4.78 is 14.0. The molecule has 0 aromatic heterocycles. The van der Waals surface area contributed by atoms with Crippen LogP contribution in [0.15, 0.2) is 91.0 Å². The lowest BCUT2D eigenvalue weighted by molar-refractivity contribution is -0.472. The van der Waals surface area contributed by atoms with Gasteiger partial charge in [-0.3, -0.25) is 4.90 Å². The molecule has 1 heterocycles. The van der Waals surface area contributed by atoms with Crippen molar-refractivity contribution in [2.45, 2.75) is 77.3 Å². The van der Waals surface area contributed by atoms with Crippen LogP contribution in [0.5, 0.6) is 0 Å². The lowest BCUT2D eigenvalue weighted by atomic mass is 10.2. The van der Waals surface area contributed by atoms with Gasteiger partial charge >= 0.3 is 6.09 Å². The predicted molar refractivity (Wildman–Crippen MR) is 164 cm³/mol. The smallest absolute Gasteiger partial charge is 0.411 e. The van der Waals surface area contributed by atoms with Crippen molar-refractivity contribution in [3.8, 4) is 0 Å². The zero-order valence-electron chi connectivity index (χ0n) is 24.5. The topological polar surface area (TPSA) is 64.8 Å². The number of nitrogens with zero attached hydrogens (tertiary/aromatic N) is 2. The van der Waals surface area contributed by atoms with E-state index in [1.165, 1.54) is 10.4 Å². The molecule has 40 heavy (non-hydrogen) atoms. The van der Waals surface area contributed by atoms with E-state index < -0.39 is 26.1 Å². The second-order valence-corrected chi connectivity index (χ2v) is 16.8. The molecule has 1 saturated heterocycles. The van der Waals surface area contributed by atoms with Gasteiger partial charge in [-0.2, -0.15) is 0 Å². The second kappa shape index (κ2) is 12.0. The number of hydroxylamine groups is 1. The van der Waals surface area contributed by atoms with E-state index in [0.29, 0.717) is 13.0 Å². The van der Waals surface area contributed by atoms with E-state index in [-0.39, 0.29) is 17.7 Å². The summed E-state index contributed by atoms with van der Waals surface area (Å²) in [5, 5.41) is 15.2. The average Bonchev–Trinajstić information content (AvgIpc) is 3.29. The zero-order chi connectivity index (χ0) is 29.0. The molecule has 1 amide bonds. The van der Waals surface area contributed by atoms with Gasteiger partial charge in [0.25, 0.3) is 8.32 Å². The van der Waals surface area contributed by atoms with Gasteiger partial charge in [-0.1, -0.05) is 112 Å². The summed E-state index contributed by atoms with van der Waals surface area (Å²) in [6.07, 6.45) is 1.41. The highest BCUT2D eigenvalue weighted by Gasteiger charge is 2.53. The first-order chi connectivity index (χ1) is 18.9. The van der Waals surface area contributed by atoms with E-state index >= 15 is 0 Å². The molecule has 0 saturated carbocycles. The average molecular weight is 559 g/mol. The van der Waals surface area contributed by atoms with Gasteiger partial charge in [-0.25, -0.2) is 9.53 Å². The van der Waals surface area contributed by atoms with Crippen LogP contribution >= 0.6 is 0 Å². The normalized spacial score (nSPS) is 18.6. The van der Waals surface area contributed by atoms with Crippen molar-refractivity contribution >= 4 is 31.0 Å². The molecule has 7 heteroatoms. The number of amides is 1. The van der Waals surface area contributed by atoms with Crippen molar-refractivity contribution < 1.29 is 18.7 Å². The van der Waals surface area contributed by atoms with Crippen LogP contribution in [0.1, 0.15) is 53.5 Å². The van der Waals surface area contributed by atoms with Crippen molar-refractivity contribution in [3.05, 3.63) is 102 Å². The van der Waals surface area contributed by atoms with Gasteiger partial charge in [0.1, 0.15) is 11.6 Å². The molecule has 1 aliphatic rings. The molecule has 1 aliphatic heterocycles. The minimum absolute atomic E-state index is 0.202. The number of ether oxygens (including phenoxy) is 1. The third-order valence-electron chi connectivity index (χ3n) is 7.21. The van der Waals surface area contributed by atoms with Crippen molar-refractivity contribution in [3.63, 3.8) is 0 Å². The van der Waals surface area contributed by atoms with Crippen LogP contribution in [-0.4, -0.2) is 54.6 Å². The molecule has 0 spiro atoms. The molecule has 3 aromatic rings. The molecule has 6 nitrogen and oxygen atoms in total. The highest BCUT2D eigenvalue weighted by molar-refractivity contribution is 6.99. The fraction of sp³-hybridized carbons (Fsp3) is 0.394. The molecular weight excluding hydrogens is 516 g/mol. The highest BCUT2D eigenvalue weighted by atomic mass is 28.4. The number of carbonyl (C=O) groups excluding carboxylic acids is 1. The number of rotatable bonds is 7. The number of benzene rings is 3. The summed E-state index contributed by atoms with van der Waals surface area (Å²) in [5.41, 5.74) is 0.260. The Bertz CT molecular complexity index is 1250. The van der Waals surface area contributed by atoms with Gasteiger partial charge < -0.3 is 14.4 Å². The fourth-order valence-electron chi connectivity index (χ4n) is 5.53. The van der Waals surface area contributed by atoms with E-state index in [4.69, 9.17) is 9.16 Å². The fourth-order valence-corrected chi connectivity index (χ4v) is 10.2. The SMILES string of the molecule is CC(C)(C)OC(=O)N1C[C@H](O[Si](c2ccccc2)(c2ccccc2)C(C)(C)C)C[C@H]1/C=[N+](\[O-])Cc1ccccc1. The quantitative estimate of drug-likeness (QED) is 0.122. The maximum atomic E-state index is 13.4. The van der Waals surface area contributed by atoms with Crippen LogP contribution in [0, 0.1) is 5.21 Å². The van der Waals surface area contributed by atoms with Gasteiger partial charge in [-0.05, 0) is 36.2 Å². The minimum atomic E-state index is -2.84. The van der Waals surface area contributed by atoms with E-state index in [0.717, 1.165) is 10.3 Å². The first-order valence-corrected chi connectivity index (χ1v) is 15.9. The Morgan fingerprint density at radius 2 is 1.40 bits per heavy atom. The van der Waals surface area contributed by atoms with Crippen molar-refractivity contribution in [1.29, 1.82) is 0 Å². The van der Waals surface area contributed by atoms with E-state index in [2.05, 4.69) is 69.3 Å². The maximum absolute atomic E-state index is 13.4. The van der Waals surface area contributed by atoms with Gasteiger partial charge in [0.2, 0.25) is 0 Å². The number of hydrogen-bond acceptors (Lipinski definition) is 4. The number of likely N-dealkylation sites (tertiary alicyclic amines) is 1. The van der Waals surface area contributed by atoms with Crippen LogP contribution in [0.3, 0.4) is 0 Å². The first kappa shape index (κ1) is 29.6. The molecule has 0 aliphatic carbocycles. The van der Waals surface area contributed by atoms with E-state index in [9.17, 15) is 10.0 Å². The molecule has 1 fully saturated rings. The minimum Gasteiger partial charge on any atom is -0.624 e. The maximum Gasteiger partial charge on any atom is 0.411 e. The summed E-state index contributed by atoms with van der Waals surface area (Å²) in [6, 6.07) is 30.1. The van der Waals surface area contributed by atoms with Gasteiger partial charge in [0.05, 0.1) is 6.10 Å². The third-order valence-corrected chi connectivity index (χ3v) is 12.3. The second-order valence-electron chi connectivity index (χ2n) is 12.5. The lowest BCUT2D eigenvalue weighted by Gasteiger charge is -2.44. The van der Waals surface area contributed by atoms with Gasteiger partial charge in [-0.15, -0.1) is 0 Å². The van der Waals surface area contributed by atoms with Crippen LogP contribution < -0.4 is 10.4 Å².